The number of nitrogens with zero attached hydrogens (tertiary/aromatic N) is 5. The van der Waals surface area contributed by atoms with E-state index in [9.17, 15) is 0 Å². The molecule has 2 unspecified atom stereocenters. The fourth-order valence-electron chi connectivity index (χ4n) is 5.72. The third-order valence-electron chi connectivity index (χ3n) is 7.55. The van der Waals surface area contributed by atoms with Gasteiger partial charge in [-0.3, -0.25) is 9.97 Å². The second-order valence-corrected chi connectivity index (χ2v) is 10.3. The summed E-state index contributed by atoms with van der Waals surface area (Å²) in [6.07, 6.45) is 5.56. The first-order valence-electron chi connectivity index (χ1n) is 13.1. The largest absolute Gasteiger partial charge is 0.378 e. The van der Waals surface area contributed by atoms with Crippen molar-refractivity contribution in [1.82, 2.24) is 24.8 Å². The Kier molecular flexibility index (Phi) is 6.82. The molecule has 8 heteroatoms. The second kappa shape index (κ2) is 10.6. The maximum Gasteiger partial charge on any atom is 0.170 e. The van der Waals surface area contributed by atoms with Gasteiger partial charge in [0.05, 0.1) is 31.0 Å². The molecule has 4 aromatic rings. The van der Waals surface area contributed by atoms with Crippen molar-refractivity contribution in [2.75, 3.05) is 31.2 Å². The monoisotopic (exact) mass is 524 g/mol. The van der Waals surface area contributed by atoms with Gasteiger partial charge in [-0.15, -0.1) is 0 Å². The number of nitrogens with one attached hydrogen (secondary N) is 1. The number of morpholine rings is 1. The van der Waals surface area contributed by atoms with Crippen LogP contribution in [0.3, 0.4) is 0 Å². The lowest BCUT2D eigenvalue weighted by Gasteiger charge is -2.29. The molecule has 38 heavy (non-hydrogen) atoms. The van der Waals surface area contributed by atoms with Crippen LogP contribution in [0.25, 0.3) is 5.69 Å². The lowest BCUT2D eigenvalue weighted by Crippen LogP contribution is -2.36. The van der Waals surface area contributed by atoms with E-state index >= 15 is 0 Å². The van der Waals surface area contributed by atoms with Crippen LogP contribution in [0, 0.1) is 13.8 Å². The van der Waals surface area contributed by atoms with Crippen LogP contribution < -0.4 is 10.2 Å². The van der Waals surface area contributed by atoms with Gasteiger partial charge >= 0.3 is 0 Å². The summed E-state index contributed by atoms with van der Waals surface area (Å²) in [6, 6.07) is 21.2. The van der Waals surface area contributed by atoms with Gasteiger partial charge in [-0.2, -0.15) is 0 Å². The molecule has 0 aliphatic carbocycles. The number of rotatable bonds is 6. The van der Waals surface area contributed by atoms with E-state index in [2.05, 4.69) is 81.0 Å². The summed E-state index contributed by atoms with van der Waals surface area (Å²) in [4.78, 5) is 13.7. The topological polar surface area (TPSA) is 58.5 Å². The van der Waals surface area contributed by atoms with Crippen molar-refractivity contribution in [3.8, 4) is 5.69 Å². The van der Waals surface area contributed by atoms with E-state index in [0.717, 1.165) is 48.4 Å². The molecule has 2 aliphatic heterocycles. The number of benzene rings is 1. The van der Waals surface area contributed by atoms with Gasteiger partial charge in [0.15, 0.2) is 5.11 Å². The van der Waals surface area contributed by atoms with Gasteiger partial charge in [-0.25, -0.2) is 0 Å². The SMILES string of the molecule is Cc1cc(C2C(c3ccccn3)NC(=S)N2Cc2cccnc2)c(C)n1-c1ccc(N2CCOCC2)cc1. The van der Waals surface area contributed by atoms with E-state index < -0.39 is 0 Å². The predicted octanol–water partition coefficient (Wildman–Crippen LogP) is 4.89. The zero-order valence-corrected chi connectivity index (χ0v) is 22.6. The number of hydrogen-bond donors (Lipinski definition) is 1. The van der Waals surface area contributed by atoms with Crippen molar-refractivity contribution in [2.24, 2.45) is 0 Å². The van der Waals surface area contributed by atoms with Gasteiger partial charge in [0, 0.05) is 61.0 Å². The molecule has 2 fully saturated rings. The molecule has 7 nitrogen and oxygen atoms in total. The lowest BCUT2D eigenvalue weighted by atomic mass is 9.96. The molecular weight excluding hydrogens is 492 g/mol. The summed E-state index contributed by atoms with van der Waals surface area (Å²) in [7, 11) is 0. The fraction of sp³-hybridized carbons (Fsp3) is 0.300. The van der Waals surface area contributed by atoms with Crippen molar-refractivity contribution in [3.63, 3.8) is 0 Å². The van der Waals surface area contributed by atoms with E-state index in [-0.39, 0.29) is 12.1 Å². The van der Waals surface area contributed by atoms with E-state index in [0.29, 0.717) is 6.54 Å². The van der Waals surface area contributed by atoms with Crippen LogP contribution in [0.15, 0.2) is 79.3 Å². The van der Waals surface area contributed by atoms with Crippen LogP contribution in [0.2, 0.25) is 0 Å². The summed E-state index contributed by atoms with van der Waals surface area (Å²) in [5.74, 6) is 0. The van der Waals surface area contributed by atoms with Crippen molar-refractivity contribution in [2.45, 2.75) is 32.5 Å². The Morgan fingerprint density at radius 3 is 2.47 bits per heavy atom. The Labute approximate surface area is 229 Å². The molecule has 0 bridgehead atoms. The zero-order chi connectivity index (χ0) is 26.1. The summed E-state index contributed by atoms with van der Waals surface area (Å²) in [6.45, 7) is 8.48. The van der Waals surface area contributed by atoms with Crippen LogP contribution in [0.4, 0.5) is 5.69 Å². The number of ether oxygens (including phenoxy) is 1. The molecule has 0 radical (unpaired) electrons. The predicted molar refractivity (Wildman–Crippen MR) is 154 cm³/mol. The van der Waals surface area contributed by atoms with Gasteiger partial charge < -0.3 is 24.4 Å². The number of aryl methyl sites for hydroxylation is 1. The third kappa shape index (κ3) is 4.66. The van der Waals surface area contributed by atoms with E-state index in [1.807, 2.05) is 30.6 Å². The molecule has 0 saturated carbocycles. The first-order chi connectivity index (χ1) is 18.6. The highest BCUT2D eigenvalue weighted by molar-refractivity contribution is 7.80. The van der Waals surface area contributed by atoms with Crippen LogP contribution in [-0.4, -0.2) is 50.9 Å². The highest BCUT2D eigenvalue weighted by Crippen LogP contribution is 2.42. The standard InChI is InChI=1S/C30H32N6OS/c1-21-18-26(22(2)36(21)25-10-8-24(9-11-25)34-14-16-37-17-15-34)29-28(27-7-3-4-13-32-27)33-30(38)35(29)20-23-6-5-12-31-19-23/h3-13,18-19,28-29H,14-17,20H2,1-2H3,(H,33,38). The summed E-state index contributed by atoms with van der Waals surface area (Å²) in [5.41, 5.74) is 8.13. The van der Waals surface area contributed by atoms with Crippen LogP contribution in [0.5, 0.6) is 0 Å². The first-order valence-corrected chi connectivity index (χ1v) is 13.5. The number of pyridine rings is 2. The van der Waals surface area contributed by atoms with E-state index in [4.69, 9.17) is 21.9 Å². The van der Waals surface area contributed by atoms with Gasteiger partial charge in [0.2, 0.25) is 0 Å². The average Bonchev–Trinajstić information content (AvgIpc) is 3.44. The minimum atomic E-state index is -0.0574. The Balaban J connectivity index is 1.38. The molecule has 2 saturated heterocycles. The van der Waals surface area contributed by atoms with Gasteiger partial charge in [-0.1, -0.05) is 12.1 Å². The Bertz CT molecular complexity index is 1400. The summed E-state index contributed by atoms with van der Waals surface area (Å²) in [5, 5.41) is 4.31. The number of hydrogen-bond acceptors (Lipinski definition) is 5. The minimum Gasteiger partial charge on any atom is -0.378 e. The molecule has 194 valence electrons. The third-order valence-corrected chi connectivity index (χ3v) is 7.90. The number of aromatic nitrogens is 3. The van der Waals surface area contributed by atoms with Gasteiger partial charge in [0.25, 0.3) is 0 Å². The fourth-order valence-corrected chi connectivity index (χ4v) is 6.03. The summed E-state index contributed by atoms with van der Waals surface area (Å²) < 4.78 is 7.86. The van der Waals surface area contributed by atoms with Gasteiger partial charge in [-0.05, 0) is 85.7 Å². The van der Waals surface area contributed by atoms with Crippen LogP contribution in [-0.2, 0) is 11.3 Å². The maximum atomic E-state index is 5.89. The Hall–Kier alpha value is -3.75. The molecular formula is C30H32N6OS. The molecule has 1 N–H and O–H groups in total. The van der Waals surface area contributed by atoms with Crippen LogP contribution in [0.1, 0.15) is 40.3 Å². The molecule has 2 aliphatic rings. The number of thiocarbonyl (C=S) groups is 1. The summed E-state index contributed by atoms with van der Waals surface area (Å²) >= 11 is 5.89. The molecule has 3 aromatic heterocycles. The lowest BCUT2D eigenvalue weighted by molar-refractivity contribution is 0.122. The zero-order valence-electron chi connectivity index (χ0n) is 21.7. The molecule has 6 rings (SSSR count). The smallest absolute Gasteiger partial charge is 0.170 e. The molecule has 1 aromatic carbocycles. The number of anilines is 1. The van der Waals surface area contributed by atoms with Crippen LogP contribution >= 0.6 is 12.2 Å². The highest BCUT2D eigenvalue weighted by Gasteiger charge is 2.41. The minimum absolute atomic E-state index is 0.00909. The van der Waals surface area contributed by atoms with E-state index in [1.54, 1.807) is 6.20 Å². The first kappa shape index (κ1) is 24.6. The van der Waals surface area contributed by atoms with Gasteiger partial charge in [0.1, 0.15) is 0 Å². The van der Waals surface area contributed by atoms with Crippen molar-refractivity contribution in [3.05, 3.63) is 107 Å². The maximum absolute atomic E-state index is 5.89. The van der Waals surface area contributed by atoms with Crippen molar-refractivity contribution >= 4 is 23.0 Å². The highest BCUT2D eigenvalue weighted by atomic mass is 32.1. The van der Waals surface area contributed by atoms with E-state index in [1.165, 1.54) is 22.6 Å². The molecule has 0 spiro atoms. The van der Waals surface area contributed by atoms with Crippen molar-refractivity contribution in [1.29, 1.82) is 0 Å². The second-order valence-electron chi connectivity index (χ2n) is 9.89. The Morgan fingerprint density at radius 2 is 1.76 bits per heavy atom. The Morgan fingerprint density at radius 1 is 0.974 bits per heavy atom. The molecule has 2 atom stereocenters. The van der Waals surface area contributed by atoms with Crippen molar-refractivity contribution < 1.29 is 4.74 Å². The quantitative estimate of drug-likeness (QED) is 0.360. The molecule has 0 amide bonds. The normalized spacial score (nSPS) is 19.6. The average molecular weight is 525 g/mol. The molecule has 5 heterocycles.